The van der Waals surface area contributed by atoms with Crippen LogP contribution < -0.4 is 5.43 Å². The fourth-order valence-corrected chi connectivity index (χ4v) is 3.63. The zero-order valence-electron chi connectivity index (χ0n) is 12.7. The van der Waals surface area contributed by atoms with E-state index in [9.17, 15) is 0 Å². The maximum atomic E-state index is 3.82. The molecule has 0 radical (unpaired) electrons. The monoisotopic (exact) mass is 253 g/mol. The molecule has 0 aliphatic carbocycles. The molecule has 3 nitrogen and oxygen atoms in total. The number of rotatable bonds is 3. The molecule has 3 heteroatoms. The molecule has 2 heterocycles. The molecule has 2 rings (SSSR count). The number of piperidine rings is 2. The van der Waals surface area contributed by atoms with Crippen molar-refractivity contribution in [3.05, 3.63) is 0 Å². The van der Waals surface area contributed by atoms with Crippen molar-refractivity contribution < 1.29 is 0 Å². The molecule has 0 aromatic carbocycles. The highest BCUT2D eigenvalue weighted by Crippen LogP contribution is 2.23. The van der Waals surface area contributed by atoms with Crippen molar-refractivity contribution in [2.75, 3.05) is 20.1 Å². The Hall–Kier alpha value is -0.120. The molecule has 0 spiro atoms. The number of hydrogen-bond acceptors (Lipinski definition) is 3. The third-order valence-corrected chi connectivity index (χ3v) is 4.91. The minimum absolute atomic E-state index is 0.607. The normalized spacial score (nSPS) is 37.7. The Bertz CT molecular complexity index is 246. The van der Waals surface area contributed by atoms with Crippen LogP contribution >= 0.6 is 0 Å². The first-order chi connectivity index (χ1) is 8.58. The van der Waals surface area contributed by atoms with Crippen molar-refractivity contribution >= 4 is 0 Å². The summed E-state index contributed by atoms with van der Waals surface area (Å²) in [6, 6.07) is 1.99. The highest BCUT2D eigenvalue weighted by atomic mass is 15.5. The second-order valence-corrected chi connectivity index (χ2v) is 6.62. The van der Waals surface area contributed by atoms with E-state index in [4.69, 9.17) is 0 Å². The molecular formula is C15H31N3. The first kappa shape index (κ1) is 14.3. The van der Waals surface area contributed by atoms with E-state index in [0.29, 0.717) is 18.1 Å². The van der Waals surface area contributed by atoms with E-state index in [1.165, 1.54) is 45.2 Å². The molecule has 0 bridgehead atoms. The molecule has 0 aromatic rings. The smallest absolute Gasteiger partial charge is 0.0227 e. The summed E-state index contributed by atoms with van der Waals surface area (Å²) in [4.78, 5) is 2.48. The van der Waals surface area contributed by atoms with Crippen molar-refractivity contribution in [2.45, 2.75) is 71.0 Å². The first-order valence-corrected chi connectivity index (χ1v) is 7.81. The lowest BCUT2D eigenvalue weighted by Crippen LogP contribution is -2.57. The van der Waals surface area contributed by atoms with Gasteiger partial charge in [0.25, 0.3) is 0 Å². The van der Waals surface area contributed by atoms with Crippen molar-refractivity contribution in [3.63, 3.8) is 0 Å². The van der Waals surface area contributed by atoms with Gasteiger partial charge in [0.1, 0.15) is 0 Å². The van der Waals surface area contributed by atoms with Crippen molar-refractivity contribution in [3.8, 4) is 0 Å². The summed E-state index contributed by atoms with van der Waals surface area (Å²) in [6.45, 7) is 9.63. The van der Waals surface area contributed by atoms with E-state index in [1.807, 2.05) is 0 Å². The maximum absolute atomic E-state index is 3.82. The van der Waals surface area contributed by atoms with Crippen molar-refractivity contribution in [1.29, 1.82) is 0 Å². The molecule has 4 unspecified atom stereocenters. The first-order valence-electron chi connectivity index (χ1n) is 7.81. The van der Waals surface area contributed by atoms with Gasteiger partial charge in [0, 0.05) is 24.7 Å². The van der Waals surface area contributed by atoms with Crippen molar-refractivity contribution in [1.82, 2.24) is 15.3 Å². The summed E-state index contributed by atoms with van der Waals surface area (Å²) in [5, 5.41) is 2.53. The quantitative estimate of drug-likeness (QED) is 0.833. The lowest BCUT2D eigenvalue weighted by Gasteiger charge is -2.43. The van der Waals surface area contributed by atoms with E-state index in [2.05, 4.69) is 43.2 Å². The van der Waals surface area contributed by atoms with Crippen LogP contribution in [0.3, 0.4) is 0 Å². The Balaban J connectivity index is 1.87. The Morgan fingerprint density at radius 2 is 1.72 bits per heavy atom. The Labute approximate surface area is 113 Å². The average Bonchev–Trinajstić information content (AvgIpc) is 2.34. The van der Waals surface area contributed by atoms with Crippen LogP contribution in [0.25, 0.3) is 0 Å². The molecule has 0 saturated carbocycles. The number of nitrogens with one attached hydrogen (secondary N) is 1. The molecule has 0 amide bonds. The maximum Gasteiger partial charge on any atom is 0.0227 e. The summed E-state index contributed by atoms with van der Waals surface area (Å²) in [5.41, 5.74) is 3.82. The highest BCUT2D eigenvalue weighted by molar-refractivity contribution is 4.82. The van der Waals surface area contributed by atoms with Gasteiger partial charge in [0.15, 0.2) is 0 Å². The van der Waals surface area contributed by atoms with Gasteiger partial charge in [-0.25, -0.2) is 5.01 Å². The minimum Gasteiger partial charge on any atom is -0.306 e. The van der Waals surface area contributed by atoms with Gasteiger partial charge in [0.2, 0.25) is 0 Å². The molecule has 2 aliphatic heterocycles. The summed E-state index contributed by atoms with van der Waals surface area (Å²) in [7, 11) is 2.25. The van der Waals surface area contributed by atoms with E-state index in [0.717, 1.165) is 5.92 Å². The lowest BCUT2D eigenvalue weighted by atomic mass is 9.92. The molecule has 2 aliphatic rings. The highest BCUT2D eigenvalue weighted by Gasteiger charge is 2.29. The third-order valence-electron chi connectivity index (χ3n) is 4.91. The van der Waals surface area contributed by atoms with Gasteiger partial charge in [0.05, 0.1) is 0 Å². The van der Waals surface area contributed by atoms with Crippen LogP contribution in [0.1, 0.15) is 52.9 Å². The van der Waals surface area contributed by atoms with E-state index in [-0.39, 0.29) is 0 Å². The predicted octanol–water partition coefficient (Wildman–Crippen LogP) is 2.48. The van der Waals surface area contributed by atoms with Gasteiger partial charge in [-0.05, 0) is 66.0 Å². The molecule has 106 valence electrons. The second-order valence-electron chi connectivity index (χ2n) is 6.62. The fourth-order valence-electron chi connectivity index (χ4n) is 3.63. The molecule has 0 aromatic heterocycles. The SMILES string of the molecule is CC(NN1C(C)CCCC1C)C1CCCN(C)C1. The molecule has 1 N–H and O–H groups in total. The number of nitrogens with zero attached hydrogens (tertiary/aromatic N) is 2. The van der Waals surface area contributed by atoms with Gasteiger partial charge in [-0.3, -0.25) is 5.43 Å². The second kappa shape index (κ2) is 6.36. The number of hydrazine groups is 1. The van der Waals surface area contributed by atoms with Crippen LogP contribution in [0, 0.1) is 5.92 Å². The summed E-state index contributed by atoms with van der Waals surface area (Å²) >= 11 is 0. The molecule has 18 heavy (non-hydrogen) atoms. The van der Waals surface area contributed by atoms with Crippen LogP contribution in [0.4, 0.5) is 0 Å². The largest absolute Gasteiger partial charge is 0.306 e. The van der Waals surface area contributed by atoms with Crippen molar-refractivity contribution in [2.24, 2.45) is 5.92 Å². The van der Waals surface area contributed by atoms with E-state index < -0.39 is 0 Å². The zero-order valence-corrected chi connectivity index (χ0v) is 12.7. The average molecular weight is 253 g/mol. The van der Waals surface area contributed by atoms with Gasteiger partial charge in [-0.15, -0.1) is 0 Å². The van der Waals surface area contributed by atoms with Gasteiger partial charge < -0.3 is 4.90 Å². The van der Waals surface area contributed by atoms with Crippen LogP contribution in [-0.4, -0.2) is 48.2 Å². The Morgan fingerprint density at radius 3 is 2.33 bits per heavy atom. The predicted molar refractivity (Wildman–Crippen MR) is 77.4 cm³/mol. The van der Waals surface area contributed by atoms with E-state index >= 15 is 0 Å². The Kier molecular flexibility index (Phi) is 5.05. The van der Waals surface area contributed by atoms with Crippen LogP contribution in [-0.2, 0) is 0 Å². The van der Waals surface area contributed by atoms with E-state index in [1.54, 1.807) is 0 Å². The van der Waals surface area contributed by atoms with Crippen LogP contribution in [0.15, 0.2) is 0 Å². The number of hydrogen-bond donors (Lipinski definition) is 1. The number of likely N-dealkylation sites (tertiary alicyclic amines) is 1. The van der Waals surface area contributed by atoms with Crippen LogP contribution in [0.5, 0.6) is 0 Å². The Morgan fingerprint density at radius 1 is 1.06 bits per heavy atom. The standard InChI is InChI=1S/C15H31N3/c1-12-7-5-8-13(2)18(12)16-14(3)15-9-6-10-17(4)11-15/h12-16H,5-11H2,1-4H3. The summed E-state index contributed by atoms with van der Waals surface area (Å²) in [5.74, 6) is 0.810. The zero-order chi connectivity index (χ0) is 13.1. The van der Waals surface area contributed by atoms with Crippen LogP contribution in [0.2, 0.25) is 0 Å². The minimum atomic E-state index is 0.607. The third kappa shape index (κ3) is 3.46. The summed E-state index contributed by atoms with van der Waals surface area (Å²) < 4.78 is 0. The molecular weight excluding hydrogens is 222 g/mol. The molecule has 2 fully saturated rings. The van der Waals surface area contributed by atoms with Gasteiger partial charge in [-0.2, -0.15) is 0 Å². The molecule has 4 atom stereocenters. The topological polar surface area (TPSA) is 18.5 Å². The molecule has 2 saturated heterocycles. The summed E-state index contributed by atoms with van der Waals surface area (Å²) in [6.07, 6.45) is 6.82. The van der Waals surface area contributed by atoms with Gasteiger partial charge >= 0.3 is 0 Å². The van der Waals surface area contributed by atoms with Gasteiger partial charge in [-0.1, -0.05) is 6.42 Å². The lowest BCUT2D eigenvalue weighted by molar-refractivity contribution is 0.0140. The fraction of sp³-hybridized carbons (Fsp3) is 1.00.